The first-order chi connectivity index (χ1) is 15.0. The normalized spacial score (nSPS) is 11.4. The molecule has 8 heteroatoms. The van der Waals surface area contributed by atoms with E-state index in [1.807, 2.05) is 49.0 Å². The number of nitrogens with zero attached hydrogens (tertiary/aromatic N) is 6. The van der Waals surface area contributed by atoms with E-state index < -0.39 is 0 Å². The molecule has 3 heterocycles. The van der Waals surface area contributed by atoms with Crippen molar-refractivity contribution in [1.82, 2.24) is 29.5 Å². The number of fused-ring (bicyclic) bond motifs is 1. The molecule has 0 aliphatic carbocycles. The van der Waals surface area contributed by atoms with Gasteiger partial charge in [0.25, 0.3) is 0 Å². The van der Waals surface area contributed by atoms with E-state index in [1.165, 1.54) is 18.5 Å². The van der Waals surface area contributed by atoms with E-state index in [2.05, 4.69) is 20.2 Å². The lowest BCUT2D eigenvalue weighted by Gasteiger charge is -2.06. The maximum Gasteiger partial charge on any atom is 0.157 e. The van der Waals surface area contributed by atoms with Crippen LogP contribution < -0.4 is 0 Å². The molecule has 0 saturated heterocycles. The van der Waals surface area contributed by atoms with Crippen LogP contribution in [0.5, 0.6) is 0 Å². The van der Waals surface area contributed by atoms with Gasteiger partial charge in [-0.25, -0.2) is 19.0 Å². The summed E-state index contributed by atoms with van der Waals surface area (Å²) in [7, 11) is 1.83. The highest BCUT2D eigenvalue weighted by atomic mass is 35.5. The molecular weight excluding hydrogens is 415 g/mol. The van der Waals surface area contributed by atoms with Gasteiger partial charge in [-0.1, -0.05) is 29.8 Å². The van der Waals surface area contributed by atoms with Gasteiger partial charge in [0.1, 0.15) is 17.8 Å². The van der Waals surface area contributed by atoms with Crippen LogP contribution in [0.25, 0.3) is 28.0 Å². The van der Waals surface area contributed by atoms with E-state index in [0.29, 0.717) is 23.0 Å². The molecule has 3 aromatic heterocycles. The van der Waals surface area contributed by atoms with E-state index in [-0.39, 0.29) is 5.82 Å². The van der Waals surface area contributed by atoms with Crippen LogP contribution in [0.4, 0.5) is 4.39 Å². The summed E-state index contributed by atoms with van der Waals surface area (Å²) >= 11 is 6.65. The number of rotatable bonds is 4. The van der Waals surface area contributed by atoms with Gasteiger partial charge in [0.15, 0.2) is 5.82 Å². The Balaban J connectivity index is 1.51. The molecule has 5 rings (SSSR count). The Kier molecular flexibility index (Phi) is 4.75. The number of halogens is 2. The average molecular weight is 433 g/mol. The minimum atomic E-state index is -0.300. The summed E-state index contributed by atoms with van der Waals surface area (Å²) < 4.78 is 16.8. The Morgan fingerprint density at radius 3 is 2.58 bits per heavy atom. The number of hydrogen-bond acceptors (Lipinski definition) is 4. The van der Waals surface area contributed by atoms with Gasteiger partial charge < -0.3 is 0 Å². The van der Waals surface area contributed by atoms with Crippen molar-refractivity contribution in [2.24, 2.45) is 7.05 Å². The lowest BCUT2D eigenvalue weighted by molar-refractivity contribution is 0.628. The first-order valence-electron chi connectivity index (χ1n) is 9.74. The van der Waals surface area contributed by atoms with Crippen LogP contribution in [0.2, 0.25) is 5.02 Å². The van der Waals surface area contributed by atoms with Crippen molar-refractivity contribution in [3.8, 4) is 17.1 Å². The van der Waals surface area contributed by atoms with E-state index >= 15 is 0 Å². The molecule has 6 nitrogen and oxygen atoms in total. The van der Waals surface area contributed by atoms with Crippen molar-refractivity contribution >= 4 is 22.5 Å². The van der Waals surface area contributed by atoms with Crippen molar-refractivity contribution in [3.63, 3.8) is 0 Å². The molecule has 154 valence electrons. The monoisotopic (exact) mass is 432 g/mol. The molecular formula is C23H18ClFN6. The number of benzene rings is 2. The van der Waals surface area contributed by atoms with Gasteiger partial charge in [0, 0.05) is 30.5 Å². The molecule has 0 aliphatic heterocycles. The van der Waals surface area contributed by atoms with Gasteiger partial charge in [-0.2, -0.15) is 10.2 Å². The maximum atomic E-state index is 13.3. The Labute approximate surface area is 183 Å². The summed E-state index contributed by atoms with van der Waals surface area (Å²) in [4.78, 5) is 8.84. The molecule has 5 aromatic rings. The molecule has 0 saturated carbocycles. The van der Waals surface area contributed by atoms with E-state index in [0.717, 1.165) is 33.5 Å². The molecule has 0 N–H and O–H groups in total. The highest BCUT2D eigenvalue weighted by Crippen LogP contribution is 2.31. The molecule has 2 aromatic carbocycles. The van der Waals surface area contributed by atoms with Crippen LogP contribution in [-0.2, 0) is 13.5 Å². The van der Waals surface area contributed by atoms with Crippen LogP contribution in [0, 0.1) is 12.7 Å². The minimum absolute atomic E-state index is 0.300. The van der Waals surface area contributed by atoms with Crippen molar-refractivity contribution in [1.29, 1.82) is 0 Å². The number of aromatic nitrogens is 6. The fourth-order valence-corrected chi connectivity index (χ4v) is 4.02. The van der Waals surface area contributed by atoms with Crippen molar-refractivity contribution in [2.45, 2.75) is 13.3 Å². The van der Waals surface area contributed by atoms with Crippen LogP contribution in [0.3, 0.4) is 0 Å². The van der Waals surface area contributed by atoms with Crippen LogP contribution in [0.1, 0.15) is 17.1 Å². The second-order valence-electron chi connectivity index (χ2n) is 7.30. The third kappa shape index (κ3) is 3.47. The maximum absolute atomic E-state index is 13.3. The van der Waals surface area contributed by atoms with Crippen molar-refractivity contribution in [3.05, 3.63) is 88.8 Å². The quantitative estimate of drug-likeness (QED) is 0.405. The minimum Gasteiger partial charge on any atom is -0.270 e. The van der Waals surface area contributed by atoms with Crippen LogP contribution in [-0.4, -0.2) is 29.5 Å². The molecule has 0 bridgehead atoms. The third-order valence-corrected chi connectivity index (χ3v) is 5.66. The predicted molar refractivity (Wildman–Crippen MR) is 118 cm³/mol. The highest BCUT2D eigenvalue weighted by molar-refractivity contribution is 6.33. The Morgan fingerprint density at radius 1 is 1.00 bits per heavy atom. The molecule has 31 heavy (non-hydrogen) atoms. The molecule has 0 radical (unpaired) electrons. The molecule has 0 fully saturated rings. The largest absolute Gasteiger partial charge is 0.270 e. The summed E-state index contributed by atoms with van der Waals surface area (Å²) in [5.74, 6) is 0.386. The zero-order chi connectivity index (χ0) is 21.5. The van der Waals surface area contributed by atoms with Gasteiger partial charge in [-0.3, -0.25) is 4.68 Å². The molecule has 0 aliphatic rings. The van der Waals surface area contributed by atoms with E-state index in [1.54, 1.807) is 16.8 Å². The number of hydrogen-bond donors (Lipinski definition) is 0. The summed E-state index contributed by atoms with van der Waals surface area (Å²) in [6.07, 6.45) is 2.00. The van der Waals surface area contributed by atoms with Crippen LogP contribution in [0.15, 0.2) is 60.9 Å². The van der Waals surface area contributed by atoms with Crippen molar-refractivity contribution in [2.75, 3.05) is 0 Å². The van der Waals surface area contributed by atoms with Crippen LogP contribution >= 0.6 is 11.6 Å². The van der Waals surface area contributed by atoms with E-state index in [9.17, 15) is 4.39 Å². The molecule has 0 atom stereocenters. The van der Waals surface area contributed by atoms with Gasteiger partial charge in [-0.15, -0.1) is 0 Å². The zero-order valence-electron chi connectivity index (χ0n) is 16.9. The Morgan fingerprint density at radius 2 is 1.77 bits per heavy atom. The molecule has 0 amide bonds. The summed E-state index contributed by atoms with van der Waals surface area (Å²) in [5, 5.41) is 10.8. The molecule has 0 unspecified atom stereocenters. The second kappa shape index (κ2) is 7.59. The van der Waals surface area contributed by atoms with Crippen molar-refractivity contribution < 1.29 is 4.39 Å². The second-order valence-corrected chi connectivity index (χ2v) is 7.68. The average Bonchev–Trinajstić information content (AvgIpc) is 3.26. The lowest BCUT2D eigenvalue weighted by atomic mass is 10.1. The highest BCUT2D eigenvalue weighted by Gasteiger charge is 2.18. The number of para-hydroxylation sites is 1. The first-order valence-corrected chi connectivity index (χ1v) is 10.1. The topological polar surface area (TPSA) is 61.4 Å². The lowest BCUT2D eigenvalue weighted by Crippen LogP contribution is -2.05. The van der Waals surface area contributed by atoms with Gasteiger partial charge in [0.05, 0.1) is 27.6 Å². The van der Waals surface area contributed by atoms with Gasteiger partial charge in [0.2, 0.25) is 0 Å². The fourth-order valence-electron chi connectivity index (χ4n) is 3.68. The molecule has 0 spiro atoms. The Hall–Kier alpha value is -3.58. The third-order valence-electron chi connectivity index (χ3n) is 5.27. The smallest absolute Gasteiger partial charge is 0.157 e. The standard InChI is InChI=1S/C23H18ClFN6/c1-14-18-5-3-4-6-19(18)31(28-14)21-12-17(26-13-27-21)11-20-22(24)23(29-30(20)2)15-7-9-16(25)10-8-15/h3-10,12-13H,11H2,1-2H3. The summed E-state index contributed by atoms with van der Waals surface area (Å²) in [6, 6.07) is 16.1. The van der Waals surface area contributed by atoms with E-state index in [4.69, 9.17) is 11.6 Å². The zero-order valence-corrected chi connectivity index (χ0v) is 17.7. The fraction of sp³-hybridized carbons (Fsp3) is 0.130. The van der Waals surface area contributed by atoms with Gasteiger partial charge >= 0.3 is 0 Å². The summed E-state index contributed by atoms with van der Waals surface area (Å²) in [6.45, 7) is 1.98. The SMILES string of the molecule is Cc1nn(-c2cc(Cc3c(Cl)c(-c4ccc(F)cc4)nn3C)ncn2)c2ccccc12. The van der Waals surface area contributed by atoms with Gasteiger partial charge in [-0.05, 0) is 37.3 Å². The predicted octanol–water partition coefficient (Wildman–Crippen LogP) is 4.91. The number of aryl methyl sites for hydroxylation is 2. The Bertz CT molecular complexity index is 1400. The first kappa shape index (κ1) is 19.4. The summed E-state index contributed by atoms with van der Waals surface area (Å²) in [5.41, 5.74) is 4.90.